The van der Waals surface area contributed by atoms with Crippen LogP contribution in [0.5, 0.6) is 11.5 Å². The van der Waals surface area contributed by atoms with Crippen LogP contribution in [-0.4, -0.2) is 12.0 Å². The minimum atomic E-state index is -0.451. The molecule has 0 amide bonds. The van der Waals surface area contributed by atoms with Crippen molar-refractivity contribution < 1.29 is 14.4 Å². The molecule has 0 aliphatic carbocycles. The molecule has 0 spiro atoms. The smallest absolute Gasteiger partial charge is 0.269 e. The summed E-state index contributed by atoms with van der Waals surface area (Å²) in [6.07, 6.45) is 1.71. The summed E-state index contributed by atoms with van der Waals surface area (Å²) in [6.45, 7) is 0.219. The van der Waals surface area contributed by atoms with Crippen molar-refractivity contribution in [2.75, 3.05) is 7.11 Å². The van der Waals surface area contributed by atoms with E-state index in [1.807, 2.05) is 0 Å². The Morgan fingerprint density at radius 3 is 2.42 bits per heavy atom. The molecule has 0 aliphatic rings. The molecule has 3 rings (SSSR count). The molecule has 0 fully saturated rings. The number of hydrogen-bond acceptors (Lipinski definition) is 5. The van der Waals surface area contributed by atoms with Gasteiger partial charge in [0.2, 0.25) is 0 Å². The van der Waals surface area contributed by atoms with Crippen LogP contribution in [0.15, 0.2) is 60.7 Å². The first-order valence-corrected chi connectivity index (χ1v) is 9.78. The number of nitro benzene ring substituents is 1. The summed E-state index contributed by atoms with van der Waals surface area (Å²) in [5.41, 5.74) is 2.60. The fourth-order valence-corrected chi connectivity index (χ4v) is 3.08. The molecule has 0 bridgehead atoms. The monoisotopic (exact) mass is 454 g/mol. The van der Waals surface area contributed by atoms with E-state index in [2.05, 4.69) is 6.07 Å². The van der Waals surface area contributed by atoms with Crippen LogP contribution in [0.2, 0.25) is 10.0 Å². The zero-order valence-corrected chi connectivity index (χ0v) is 17.9. The molecule has 0 aromatic heterocycles. The second-order valence-corrected chi connectivity index (χ2v) is 7.24. The maximum absolute atomic E-state index is 10.7. The first-order valence-electron chi connectivity index (χ1n) is 9.02. The molecule has 31 heavy (non-hydrogen) atoms. The van der Waals surface area contributed by atoms with Crippen LogP contribution in [-0.2, 0) is 6.61 Å². The Balaban J connectivity index is 1.80. The second kappa shape index (κ2) is 9.98. The molecule has 0 aliphatic heterocycles. The highest BCUT2D eigenvalue weighted by Gasteiger charge is 2.09. The highest BCUT2D eigenvalue weighted by Crippen LogP contribution is 2.32. The lowest BCUT2D eigenvalue weighted by Gasteiger charge is -2.12. The number of methoxy groups -OCH3 is 1. The lowest BCUT2D eigenvalue weighted by Crippen LogP contribution is -1.98. The maximum atomic E-state index is 10.7. The third-order valence-electron chi connectivity index (χ3n) is 4.39. The number of benzene rings is 3. The van der Waals surface area contributed by atoms with Crippen molar-refractivity contribution in [2.45, 2.75) is 6.61 Å². The summed E-state index contributed by atoms with van der Waals surface area (Å²) in [5.74, 6) is 0.994. The Bertz CT molecular complexity index is 1190. The van der Waals surface area contributed by atoms with Gasteiger partial charge in [0.1, 0.15) is 6.61 Å². The van der Waals surface area contributed by atoms with Gasteiger partial charge >= 0.3 is 0 Å². The summed E-state index contributed by atoms with van der Waals surface area (Å²) in [6, 6.07) is 18.6. The second-order valence-electron chi connectivity index (χ2n) is 6.42. The Morgan fingerprint density at radius 1 is 1.06 bits per heavy atom. The van der Waals surface area contributed by atoms with E-state index in [0.29, 0.717) is 32.7 Å². The normalized spacial score (nSPS) is 11.0. The number of halogens is 2. The average molecular weight is 455 g/mol. The van der Waals surface area contributed by atoms with Gasteiger partial charge in [-0.2, -0.15) is 5.26 Å². The maximum Gasteiger partial charge on any atom is 0.269 e. The van der Waals surface area contributed by atoms with Gasteiger partial charge in [-0.15, -0.1) is 0 Å². The first-order chi connectivity index (χ1) is 14.9. The fourth-order valence-electron chi connectivity index (χ4n) is 2.78. The summed E-state index contributed by atoms with van der Waals surface area (Å²) in [4.78, 5) is 10.3. The van der Waals surface area contributed by atoms with Crippen molar-refractivity contribution >= 4 is 40.5 Å². The van der Waals surface area contributed by atoms with Crippen molar-refractivity contribution in [3.05, 3.63) is 97.5 Å². The van der Waals surface area contributed by atoms with Crippen molar-refractivity contribution in [1.82, 2.24) is 0 Å². The highest BCUT2D eigenvalue weighted by atomic mass is 35.5. The number of non-ortho nitro benzene ring substituents is 1. The number of rotatable bonds is 7. The van der Waals surface area contributed by atoms with Crippen LogP contribution < -0.4 is 9.47 Å². The van der Waals surface area contributed by atoms with Gasteiger partial charge in [0.05, 0.1) is 33.7 Å². The van der Waals surface area contributed by atoms with Crippen LogP contribution in [0, 0.1) is 21.4 Å². The van der Waals surface area contributed by atoms with E-state index in [1.165, 1.54) is 19.2 Å². The Labute approximate surface area is 189 Å². The minimum absolute atomic E-state index is 0.0211. The van der Waals surface area contributed by atoms with Gasteiger partial charge in [-0.3, -0.25) is 10.1 Å². The molecule has 6 nitrogen and oxygen atoms in total. The third kappa shape index (κ3) is 5.54. The molecule has 0 N–H and O–H groups in total. The van der Waals surface area contributed by atoms with Crippen LogP contribution in [0.4, 0.5) is 5.69 Å². The molecular weight excluding hydrogens is 439 g/mol. The first kappa shape index (κ1) is 22.2. The van der Waals surface area contributed by atoms with Crippen LogP contribution in [0.25, 0.3) is 11.6 Å². The lowest BCUT2D eigenvalue weighted by atomic mass is 10.0. The molecular formula is C23H16Cl2N2O4. The van der Waals surface area contributed by atoms with Crippen molar-refractivity contribution in [1.29, 1.82) is 5.26 Å². The molecule has 0 unspecified atom stereocenters. The van der Waals surface area contributed by atoms with E-state index in [4.69, 9.17) is 32.7 Å². The summed E-state index contributed by atoms with van der Waals surface area (Å²) in [5, 5.41) is 21.1. The Kier molecular flexibility index (Phi) is 7.14. The van der Waals surface area contributed by atoms with Gasteiger partial charge in [0, 0.05) is 12.1 Å². The van der Waals surface area contributed by atoms with E-state index < -0.39 is 4.92 Å². The molecule has 0 heterocycles. The lowest BCUT2D eigenvalue weighted by molar-refractivity contribution is -0.384. The average Bonchev–Trinajstić information content (AvgIpc) is 2.78. The zero-order chi connectivity index (χ0) is 22.4. The van der Waals surface area contributed by atoms with Gasteiger partial charge in [0.25, 0.3) is 5.69 Å². The number of ether oxygens (including phenoxy) is 2. The Hall–Kier alpha value is -3.53. The third-order valence-corrected chi connectivity index (χ3v) is 5.13. The van der Waals surface area contributed by atoms with E-state index in [0.717, 1.165) is 11.1 Å². The molecule has 3 aromatic rings. The van der Waals surface area contributed by atoms with E-state index in [1.54, 1.807) is 54.6 Å². The van der Waals surface area contributed by atoms with Crippen molar-refractivity contribution in [3.63, 3.8) is 0 Å². The quantitative estimate of drug-likeness (QED) is 0.174. The van der Waals surface area contributed by atoms with Crippen LogP contribution in [0.3, 0.4) is 0 Å². The molecule has 0 atom stereocenters. The van der Waals surface area contributed by atoms with Crippen LogP contribution >= 0.6 is 23.2 Å². The summed E-state index contributed by atoms with van der Waals surface area (Å²) < 4.78 is 11.2. The number of nitrogens with zero attached hydrogens (tertiary/aromatic N) is 2. The number of hydrogen-bond donors (Lipinski definition) is 0. The zero-order valence-electron chi connectivity index (χ0n) is 16.3. The molecule has 3 aromatic carbocycles. The van der Waals surface area contributed by atoms with E-state index >= 15 is 0 Å². The van der Waals surface area contributed by atoms with Gasteiger partial charge in [-0.05, 0) is 59.2 Å². The van der Waals surface area contributed by atoms with E-state index in [-0.39, 0.29) is 12.3 Å². The number of allylic oxidation sites excluding steroid dienone is 1. The summed E-state index contributed by atoms with van der Waals surface area (Å²) in [7, 11) is 1.52. The Morgan fingerprint density at radius 2 is 1.81 bits per heavy atom. The number of nitro groups is 1. The SMILES string of the molecule is COc1cc(/C=C(/C#N)c2ccc(Cl)c(Cl)c2)ccc1OCc1ccc([N+](=O)[O-])cc1. The van der Waals surface area contributed by atoms with Gasteiger partial charge in [-0.25, -0.2) is 0 Å². The predicted octanol–water partition coefficient (Wildman–Crippen LogP) is 6.55. The predicted molar refractivity (Wildman–Crippen MR) is 120 cm³/mol. The highest BCUT2D eigenvalue weighted by molar-refractivity contribution is 6.42. The van der Waals surface area contributed by atoms with Crippen LogP contribution in [0.1, 0.15) is 16.7 Å². The molecule has 0 saturated carbocycles. The van der Waals surface area contributed by atoms with Gasteiger partial charge < -0.3 is 9.47 Å². The van der Waals surface area contributed by atoms with Gasteiger partial charge in [-0.1, -0.05) is 35.3 Å². The molecule has 8 heteroatoms. The molecule has 156 valence electrons. The molecule has 0 saturated heterocycles. The van der Waals surface area contributed by atoms with E-state index in [9.17, 15) is 15.4 Å². The topological polar surface area (TPSA) is 85.4 Å². The molecule has 0 radical (unpaired) electrons. The standard InChI is InChI=1S/C23H16Cl2N2O4/c1-30-23-11-16(10-18(13-26)17-5-8-20(24)21(25)12-17)4-9-22(23)31-14-15-2-6-19(7-3-15)27(28)29/h2-12H,14H2,1H3/b18-10-. The van der Waals surface area contributed by atoms with Crippen molar-refractivity contribution in [2.24, 2.45) is 0 Å². The van der Waals surface area contributed by atoms with Crippen molar-refractivity contribution in [3.8, 4) is 17.6 Å². The summed E-state index contributed by atoms with van der Waals surface area (Å²) >= 11 is 12.0. The number of nitriles is 1. The minimum Gasteiger partial charge on any atom is -0.493 e. The largest absolute Gasteiger partial charge is 0.493 e. The fraction of sp³-hybridized carbons (Fsp3) is 0.0870. The van der Waals surface area contributed by atoms with Gasteiger partial charge in [0.15, 0.2) is 11.5 Å².